The summed E-state index contributed by atoms with van der Waals surface area (Å²) in [5.74, 6) is -1.90. The van der Waals surface area contributed by atoms with Gasteiger partial charge < -0.3 is 0 Å². The third-order valence-electron chi connectivity index (χ3n) is 1.58. The molecule has 0 saturated heterocycles. The van der Waals surface area contributed by atoms with Crippen LogP contribution in [-0.4, -0.2) is 13.0 Å². The van der Waals surface area contributed by atoms with Gasteiger partial charge in [0.15, 0.2) is 0 Å². The molecular formula is C9H9F2NO2. The van der Waals surface area contributed by atoms with Crippen molar-refractivity contribution in [2.75, 3.05) is 7.11 Å². The highest BCUT2D eigenvalue weighted by Crippen LogP contribution is 2.09. The van der Waals surface area contributed by atoms with Crippen molar-refractivity contribution >= 4 is 5.91 Å². The first kappa shape index (κ1) is 10.6. The van der Waals surface area contributed by atoms with E-state index < -0.39 is 17.5 Å². The molecule has 0 aromatic heterocycles. The molecule has 0 aliphatic rings. The molecule has 1 aromatic rings. The van der Waals surface area contributed by atoms with Gasteiger partial charge in [0.25, 0.3) is 0 Å². The smallest absolute Gasteiger partial charge is 0.248 e. The lowest BCUT2D eigenvalue weighted by Gasteiger charge is -2.03. The number of hydrogen-bond acceptors (Lipinski definition) is 2. The van der Waals surface area contributed by atoms with Crippen molar-refractivity contribution in [3.05, 3.63) is 35.4 Å². The van der Waals surface area contributed by atoms with Crippen LogP contribution in [0.2, 0.25) is 0 Å². The lowest BCUT2D eigenvalue weighted by Crippen LogP contribution is -2.24. The fraction of sp³-hybridized carbons (Fsp3) is 0.222. The Morgan fingerprint density at radius 3 is 2.79 bits per heavy atom. The normalized spacial score (nSPS) is 9.93. The molecule has 0 atom stereocenters. The van der Waals surface area contributed by atoms with E-state index in [1.54, 1.807) is 0 Å². The van der Waals surface area contributed by atoms with Crippen LogP contribution in [0.15, 0.2) is 18.2 Å². The van der Waals surface area contributed by atoms with Gasteiger partial charge in [-0.15, -0.1) is 0 Å². The van der Waals surface area contributed by atoms with E-state index in [1.807, 2.05) is 5.48 Å². The molecule has 0 aliphatic heterocycles. The molecule has 3 nitrogen and oxygen atoms in total. The van der Waals surface area contributed by atoms with Gasteiger partial charge in [-0.05, 0) is 11.6 Å². The van der Waals surface area contributed by atoms with Gasteiger partial charge in [0.2, 0.25) is 5.91 Å². The molecule has 0 radical (unpaired) electrons. The second-order valence-corrected chi connectivity index (χ2v) is 2.64. The van der Waals surface area contributed by atoms with Gasteiger partial charge in [-0.3, -0.25) is 9.63 Å². The molecule has 0 spiro atoms. The number of carbonyl (C=O) groups excluding carboxylic acids is 1. The van der Waals surface area contributed by atoms with Crippen molar-refractivity contribution in [1.29, 1.82) is 0 Å². The summed E-state index contributed by atoms with van der Waals surface area (Å²) in [6.07, 6.45) is -0.181. The van der Waals surface area contributed by atoms with E-state index in [-0.39, 0.29) is 12.0 Å². The minimum Gasteiger partial charge on any atom is -0.277 e. The third kappa shape index (κ3) is 2.77. The second-order valence-electron chi connectivity index (χ2n) is 2.64. The minimum atomic E-state index is -0.740. The molecule has 0 saturated carbocycles. The van der Waals surface area contributed by atoms with Crippen molar-refractivity contribution < 1.29 is 18.4 Å². The molecule has 1 rings (SSSR count). The molecule has 5 heteroatoms. The average Bonchev–Trinajstić information content (AvgIpc) is 2.10. The first-order chi connectivity index (χ1) is 6.63. The van der Waals surface area contributed by atoms with Gasteiger partial charge in [-0.25, -0.2) is 14.3 Å². The Bertz CT molecular complexity index is 342. The molecule has 1 aromatic carbocycles. The van der Waals surface area contributed by atoms with Crippen LogP contribution in [0.4, 0.5) is 8.78 Å². The van der Waals surface area contributed by atoms with Gasteiger partial charge in [-0.2, -0.15) is 0 Å². The van der Waals surface area contributed by atoms with E-state index in [0.29, 0.717) is 0 Å². The van der Waals surface area contributed by atoms with Gasteiger partial charge in [0.05, 0.1) is 13.5 Å². The predicted molar refractivity (Wildman–Crippen MR) is 45.2 cm³/mol. The standard InChI is InChI=1S/C9H9F2NO2/c1-14-12-9(13)4-6-2-3-7(10)5-8(6)11/h2-3,5H,4H2,1H3,(H,12,13). The fourth-order valence-corrected chi connectivity index (χ4v) is 0.988. The predicted octanol–water partition coefficient (Wildman–Crippen LogP) is 1.18. The van der Waals surface area contributed by atoms with Gasteiger partial charge in [0.1, 0.15) is 11.6 Å². The number of carbonyl (C=O) groups is 1. The highest BCUT2D eigenvalue weighted by molar-refractivity contribution is 5.77. The van der Waals surface area contributed by atoms with Crippen LogP contribution < -0.4 is 5.48 Å². The Kier molecular flexibility index (Phi) is 3.53. The molecule has 0 heterocycles. The quantitative estimate of drug-likeness (QED) is 0.746. The third-order valence-corrected chi connectivity index (χ3v) is 1.58. The molecule has 1 amide bonds. The van der Waals surface area contributed by atoms with Crippen LogP contribution >= 0.6 is 0 Å². The Morgan fingerprint density at radius 2 is 2.21 bits per heavy atom. The SMILES string of the molecule is CONC(=O)Cc1ccc(F)cc1F. The van der Waals surface area contributed by atoms with Crippen molar-refractivity contribution in [3.63, 3.8) is 0 Å². The Morgan fingerprint density at radius 1 is 1.50 bits per heavy atom. The van der Waals surface area contributed by atoms with Crippen LogP contribution in [0.3, 0.4) is 0 Å². The van der Waals surface area contributed by atoms with Crippen LogP contribution in [0.25, 0.3) is 0 Å². The monoisotopic (exact) mass is 201 g/mol. The van der Waals surface area contributed by atoms with Crippen LogP contribution in [0.1, 0.15) is 5.56 Å². The summed E-state index contributed by atoms with van der Waals surface area (Å²) in [7, 11) is 1.28. The first-order valence-corrected chi connectivity index (χ1v) is 3.89. The summed E-state index contributed by atoms with van der Waals surface area (Å²) in [5.41, 5.74) is 2.16. The summed E-state index contributed by atoms with van der Waals surface area (Å²) in [6, 6.07) is 3.05. The molecule has 0 bridgehead atoms. The number of benzene rings is 1. The maximum Gasteiger partial charge on any atom is 0.248 e. The Balaban J connectivity index is 2.72. The molecule has 76 valence electrons. The summed E-state index contributed by atoms with van der Waals surface area (Å²) >= 11 is 0. The van der Waals surface area contributed by atoms with E-state index >= 15 is 0 Å². The molecular weight excluding hydrogens is 192 g/mol. The Labute approximate surface area is 79.6 Å². The average molecular weight is 201 g/mol. The van der Waals surface area contributed by atoms with Crippen LogP contribution in [0, 0.1) is 11.6 Å². The molecule has 14 heavy (non-hydrogen) atoms. The van der Waals surface area contributed by atoms with E-state index in [4.69, 9.17) is 0 Å². The minimum absolute atomic E-state index is 0.126. The summed E-state index contributed by atoms with van der Waals surface area (Å²) in [5, 5.41) is 0. The van der Waals surface area contributed by atoms with Crippen LogP contribution in [-0.2, 0) is 16.1 Å². The fourth-order valence-electron chi connectivity index (χ4n) is 0.988. The van der Waals surface area contributed by atoms with E-state index in [9.17, 15) is 13.6 Å². The lowest BCUT2D eigenvalue weighted by atomic mass is 10.1. The van der Waals surface area contributed by atoms with E-state index in [2.05, 4.69) is 4.84 Å². The number of halogens is 2. The van der Waals surface area contributed by atoms with Crippen molar-refractivity contribution in [2.24, 2.45) is 0 Å². The highest BCUT2D eigenvalue weighted by Gasteiger charge is 2.08. The largest absolute Gasteiger partial charge is 0.277 e. The first-order valence-electron chi connectivity index (χ1n) is 3.89. The molecule has 1 N–H and O–H groups in total. The van der Waals surface area contributed by atoms with Crippen LogP contribution in [0.5, 0.6) is 0 Å². The zero-order valence-electron chi connectivity index (χ0n) is 7.51. The van der Waals surface area contributed by atoms with Crippen molar-refractivity contribution in [1.82, 2.24) is 5.48 Å². The zero-order valence-corrected chi connectivity index (χ0v) is 7.51. The number of amides is 1. The summed E-state index contributed by atoms with van der Waals surface area (Å²) in [4.78, 5) is 15.3. The lowest BCUT2D eigenvalue weighted by molar-refractivity contribution is -0.130. The second kappa shape index (κ2) is 4.66. The Hall–Kier alpha value is -1.49. The number of rotatable bonds is 3. The maximum atomic E-state index is 13.0. The number of hydroxylamine groups is 1. The van der Waals surface area contributed by atoms with Crippen molar-refractivity contribution in [2.45, 2.75) is 6.42 Å². The van der Waals surface area contributed by atoms with Crippen molar-refractivity contribution in [3.8, 4) is 0 Å². The van der Waals surface area contributed by atoms with Gasteiger partial charge >= 0.3 is 0 Å². The topological polar surface area (TPSA) is 38.3 Å². The van der Waals surface area contributed by atoms with Gasteiger partial charge in [-0.1, -0.05) is 6.07 Å². The summed E-state index contributed by atoms with van der Waals surface area (Å²) < 4.78 is 25.5. The van der Waals surface area contributed by atoms with E-state index in [0.717, 1.165) is 12.1 Å². The number of nitrogens with one attached hydrogen (secondary N) is 1. The maximum absolute atomic E-state index is 13.0. The highest BCUT2D eigenvalue weighted by atomic mass is 19.1. The number of hydrogen-bond donors (Lipinski definition) is 1. The molecule has 0 fully saturated rings. The summed E-state index contributed by atoms with van der Waals surface area (Å²) in [6.45, 7) is 0. The zero-order chi connectivity index (χ0) is 10.6. The molecule has 0 unspecified atom stereocenters. The molecule has 0 aliphatic carbocycles. The van der Waals surface area contributed by atoms with Gasteiger partial charge in [0, 0.05) is 6.07 Å². The van der Waals surface area contributed by atoms with E-state index in [1.165, 1.54) is 13.2 Å².